The standard InChI is InChI=1S/C17H18O2/c1-3-17(18)16-10-8-15(9-11-16)14-6-4-13(5-7-14)12-19-2/h4-11H,3,12H2,1-2H3. The lowest BCUT2D eigenvalue weighted by molar-refractivity contribution is 0.0988. The van der Waals surface area contributed by atoms with Gasteiger partial charge in [-0.2, -0.15) is 0 Å². The summed E-state index contributed by atoms with van der Waals surface area (Å²) in [5, 5.41) is 0. The maximum absolute atomic E-state index is 11.6. The molecule has 0 aliphatic carbocycles. The van der Waals surface area contributed by atoms with Crippen LogP contribution in [0.1, 0.15) is 29.3 Å². The van der Waals surface area contributed by atoms with Crippen molar-refractivity contribution in [3.05, 3.63) is 59.7 Å². The van der Waals surface area contributed by atoms with Crippen molar-refractivity contribution >= 4 is 5.78 Å². The van der Waals surface area contributed by atoms with Crippen LogP contribution in [0.4, 0.5) is 0 Å². The van der Waals surface area contributed by atoms with Crippen molar-refractivity contribution in [3.63, 3.8) is 0 Å². The highest BCUT2D eigenvalue weighted by atomic mass is 16.5. The van der Waals surface area contributed by atoms with Gasteiger partial charge >= 0.3 is 0 Å². The van der Waals surface area contributed by atoms with Crippen LogP contribution in [0, 0.1) is 0 Å². The summed E-state index contributed by atoms with van der Waals surface area (Å²) in [7, 11) is 1.69. The average molecular weight is 254 g/mol. The third-order valence-corrected chi connectivity index (χ3v) is 3.13. The van der Waals surface area contributed by atoms with Crippen molar-refractivity contribution in [2.75, 3.05) is 7.11 Å². The summed E-state index contributed by atoms with van der Waals surface area (Å²) in [6, 6.07) is 16.0. The molecule has 2 heteroatoms. The maximum Gasteiger partial charge on any atom is 0.162 e. The van der Waals surface area contributed by atoms with Crippen LogP contribution in [0.3, 0.4) is 0 Å². The predicted octanol–water partition coefficient (Wildman–Crippen LogP) is 4.09. The van der Waals surface area contributed by atoms with Gasteiger partial charge in [0.15, 0.2) is 5.78 Å². The summed E-state index contributed by atoms with van der Waals surface area (Å²) < 4.78 is 5.09. The van der Waals surface area contributed by atoms with Gasteiger partial charge in [-0.3, -0.25) is 4.79 Å². The molecule has 0 radical (unpaired) electrons. The van der Waals surface area contributed by atoms with Crippen molar-refractivity contribution in [2.24, 2.45) is 0 Å². The van der Waals surface area contributed by atoms with E-state index in [9.17, 15) is 4.79 Å². The van der Waals surface area contributed by atoms with Crippen LogP contribution in [0.25, 0.3) is 11.1 Å². The van der Waals surface area contributed by atoms with Crippen LogP contribution in [0.2, 0.25) is 0 Å². The molecule has 0 bridgehead atoms. The highest BCUT2D eigenvalue weighted by molar-refractivity contribution is 5.96. The Bertz CT molecular complexity index is 538. The molecule has 0 N–H and O–H groups in total. The molecule has 0 saturated carbocycles. The second kappa shape index (κ2) is 6.30. The van der Waals surface area contributed by atoms with Crippen molar-refractivity contribution < 1.29 is 9.53 Å². The number of carbonyl (C=O) groups excluding carboxylic acids is 1. The zero-order valence-corrected chi connectivity index (χ0v) is 11.3. The Hall–Kier alpha value is -1.93. The van der Waals surface area contributed by atoms with E-state index in [-0.39, 0.29) is 5.78 Å². The topological polar surface area (TPSA) is 26.3 Å². The van der Waals surface area contributed by atoms with Crippen LogP contribution in [-0.4, -0.2) is 12.9 Å². The van der Waals surface area contributed by atoms with E-state index in [0.29, 0.717) is 13.0 Å². The van der Waals surface area contributed by atoms with Crippen LogP contribution >= 0.6 is 0 Å². The molecule has 0 aromatic heterocycles. The van der Waals surface area contributed by atoms with Gasteiger partial charge in [0.1, 0.15) is 0 Å². The van der Waals surface area contributed by atoms with Crippen molar-refractivity contribution in [3.8, 4) is 11.1 Å². The molecule has 2 rings (SSSR count). The van der Waals surface area contributed by atoms with Gasteiger partial charge in [-0.15, -0.1) is 0 Å². The summed E-state index contributed by atoms with van der Waals surface area (Å²) in [4.78, 5) is 11.6. The highest BCUT2D eigenvalue weighted by Crippen LogP contribution is 2.21. The van der Waals surface area contributed by atoms with Gasteiger partial charge in [-0.05, 0) is 16.7 Å². The average Bonchev–Trinajstić information content (AvgIpc) is 2.48. The van der Waals surface area contributed by atoms with Crippen LogP contribution in [0.5, 0.6) is 0 Å². The van der Waals surface area contributed by atoms with Gasteiger partial charge in [0.2, 0.25) is 0 Å². The summed E-state index contributed by atoms with van der Waals surface area (Å²) in [6.45, 7) is 2.51. The van der Waals surface area contributed by atoms with Crippen LogP contribution < -0.4 is 0 Å². The lowest BCUT2D eigenvalue weighted by atomic mass is 10.0. The molecule has 0 heterocycles. The minimum Gasteiger partial charge on any atom is -0.380 e. The molecule has 0 unspecified atom stereocenters. The molecule has 0 aliphatic rings. The lowest BCUT2D eigenvalue weighted by Crippen LogP contribution is -1.95. The van der Waals surface area contributed by atoms with E-state index >= 15 is 0 Å². The first-order valence-corrected chi connectivity index (χ1v) is 6.46. The smallest absolute Gasteiger partial charge is 0.162 e. The first kappa shape index (κ1) is 13.5. The van der Waals surface area contributed by atoms with Crippen molar-refractivity contribution in [2.45, 2.75) is 20.0 Å². The number of hydrogen-bond acceptors (Lipinski definition) is 2. The fourth-order valence-corrected chi connectivity index (χ4v) is 2.01. The van der Waals surface area contributed by atoms with E-state index in [1.807, 2.05) is 31.2 Å². The van der Waals surface area contributed by atoms with Gasteiger partial charge < -0.3 is 4.74 Å². The Morgan fingerprint density at radius 2 is 1.47 bits per heavy atom. The predicted molar refractivity (Wildman–Crippen MR) is 77.2 cm³/mol. The van der Waals surface area contributed by atoms with E-state index in [4.69, 9.17) is 4.74 Å². The van der Waals surface area contributed by atoms with E-state index in [1.165, 1.54) is 0 Å². The van der Waals surface area contributed by atoms with Crippen LogP contribution in [0.15, 0.2) is 48.5 Å². The Morgan fingerprint density at radius 3 is 1.95 bits per heavy atom. The van der Waals surface area contributed by atoms with Crippen molar-refractivity contribution in [1.82, 2.24) is 0 Å². The fraction of sp³-hybridized carbons (Fsp3) is 0.235. The maximum atomic E-state index is 11.6. The third-order valence-electron chi connectivity index (χ3n) is 3.13. The normalized spacial score (nSPS) is 10.4. The summed E-state index contributed by atoms with van der Waals surface area (Å²) >= 11 is 0. The Labute approximate surface area is 114 Å². The number of hydrogen-bond donors (Lipinski definition) is 0. The molecular weight excluding hydrogens is 236 g/mol. The van der Waals surface area contributed by atoms with Crippen molar-refractivity contribution in [1.29, 1.82) is 0 Å². The SMILES string of the molecule is CCC(=O)c1ccc(-c2ccc(COC)cc2)cc1. The molecule has 19 heavy (non-hydrogen) atoms. The quantitative estimate of drug-likeness (QED) is 0.751. The zero-order valence-electron chi connectivity index (χ0n) is 11.3. The summed E-state index contributed by atoms with van der Waals surface area (Å²) in [6.07, 6.45) is 0.547. The van der Waals surface area contributed by atoms with Gasteiger partial charge in [-0.1, -0.05) is 55.5 Å². The minimum atomic E-state index is 0.182. The third kappa shape index (κ3) is 3.30. The van der Waals surface area contributed by atoms with Crippen LogP contribution in [-0.2, 0) is 11.3 Å². The molecular formula is C17H18O2. The molecule has 2 aromatic carbocycles. The molecule has 0 aliphatic heterocycles. The Morgan fingerprint density at radius 1 is 0.947 bits per heavy atom. The largest absolute Gasteiger partial charge is 0.380 e. The second-order valence-corrected chi connectivity index (χ2v) is 4.48. The molecule has 0 spiro atoms. The fourth-order valence-electron chi connectivity index (χ4n) is 2.01. The molecule has 0 fully saturated rings. The van der Waals surface area contributed by atoms with E-state index in [1.54, 1.807) is 7.11 Å². The number of ether oxygens (including phenoxy) is 1. The lowest BCUT2D eigenvalue weighted by Gasteiger charge is -2.05. The summed E-state index contributed by atoms with van der Waals surface area (Å²) in [5.74, 6) is 0.182. The number of carbonyl (C=O) groups is 1. The molecule has 2 nitrogen and oxygen atoms in total. The van der Waals surface area contributed by atoms with Gasteiger partial charge in [0, 0.05) is 19.1 Å². The molecule has 0 saturated heterocycles. The monoisotopic (exact) mass is 254 g/mol. The van der Waals surface area contributed by atoms with Gasteiger partial charge in [0.25, 0.3) is 0 Å². The molecule has 2 aromatic rings. The van der Waals surface area contributed by atoms with E-state index < -0.39 is 0 Å². The Balaban J connectivity index is 2.19. The molecule has 0 amide bonds. The molecule has 0 atom stereocenters. The zero-order chi connectivity index (χ0) is 13.7. The summed E-state index contributed by atoms with van der Waals surface area (Å²) in [5.41, 5.74) is 4.21. The minimum absolute atomic E-state index is 0.182. The molecule has 98 valence electrons. The van der Waals surface area contributed by atoms with Gasteiger partial charge in [-0.25, -0.2) is 0 Å². The van der Waals surface area contributed by atoms with E-state index in [2.05, 4.69) is 24.3 Å². The highest BCUT2D eigenvalue weighted by Gasteiger charge is 2.03. The van der Waals surface area contributed by atoms with Gasteiger partial charge in [0.05, 0.1) is 6.61 Å². The number of methoxy groups -OCH3 is 1. The number of Topliss-reactive ketones (excluding diaryl/α,β-unsaturated/α-hetero) is 1. The second-order valence-electron chi connectivity index (χ2n) is 4.48. The van der Waals surface area contributed by atoms with E-state index in [0.717, 1.165) is 22.3 Å². The first-order valence-electron chi connectivity index (χ1n) is 6.46. The number of ketones is 1. The first-order chi connectivity index (χ1) is 9.24. The number of benzene rings is 2. The Kier molecular flexibility index (Phi) is 4.48. The number of rotatable bonds is 5.